The zero-order chi connectivity index (χ0) is 14.5. The highest BCUT2D eigenvalue weighted by Gasteiger charge is 2.12. The van der Waals surface area contributed by atoms with Crippen LogP contribution in [0.3, 0.4) is 0 Å². The summed E-state index contributed by atoms with van der Waals surface area (Å²) in [5.41, 5.74) is 0. The Bertz CT molecular complexity index is 194. The predicted octanol–water partition coefficient (Wildman–Crippen LogP) is 1.68. The summed E-state index contributed by atoms with van der Waals surface area (Å²) in [6.45, 7) is 7.79. The molecule has 0 aliphatic carbocycles. The number of rotatable bonds is 13. The fourth-order valence-corrected chi connectivity index (χ4v) is 2.08. The van der Waals surface area contributed by atoms with Crippen LogP contribution in [0.4, 0.5) is 0 Å². The minimum Gasteiger partial charge on any atom is -0.437 e. The molecule has 0 aliphatic heterocycles. The van der Waals surface area contributed by atoms with Crippen LogP contribution in [0.5, 0.6) is 0 Å². The molecule has 2 N–H and O–H groups in total. The first kappa shape index (κ1) is 18.9. The second kappa shape index (κ2) is 12.9. The Labute approximate surface area is 119 Å². The normalized spacial score (nSPS) is 11.5. The molecule has 0 heterocycles. The number of unbranched alkanes of at least 4 members (excludes halogenated alkanes) is 5. The summed E-state index contributed by atoms with van der Waals surface area (Å²) in [4.78, 5) is 4.21. The molecule has 0 saturated heterocycles. The second-order valence-electron chi connectivity index (χ2n) is 5.45. The van der Waals surface area contributed by atoms with E-state index in [0.29, 0.717) is 0 Å². The molecule has 0 aromatic rings. The molecule has 0 aliphatic rings. The minimum absolute atomic E-state index is 0.216. The standard InChI is InChI=1S/C14H33BN2O2/c1-4-5-6-7-8-9-10-17(13-14-18)12-11-16(3)15(2)19/h18-19H,4-14H2,1-3H3. The Kier molecular flexibility index (Phi) is 12.8. The van der Waals surface area contributed by atoms with Gasteiger partial charge < -0.3 is 14.9 Å². The van der Waals surface area contributed by atoms with E-state index in [0.717, 1.165) is 26.2 Å². The van der Waals surface area contributed by atoms with Gasteiger partial charge >= 0.3 is 7.05 Å². The van der Waals surface area contributed by atoms with Gasteiger partial charge in [-0.1, -0.05) is 39.0 Å². The lowest BCUT2D eigenvalue weighted by atomic mass is 9.86. The molecule has 0 aromatic carbocycles. The van der Waals surface area contributed by atoms with Crippen molar-refractivity contribution >= 4 is 7.05 Å². The summed E-state index contributed by atoms with van der Waals surface area (Å²) in [5.74, 6) is 0. The quantitative estimate of drug-likeness (QED) is 0.395. The first-order chi connectivity index (χ1) is 9.11. The van der Waals surface area contributed by atoms with Gasteiger partial charge in [-0.15, -0.1) is 0 Å². The molecule has 0 atom stereocenters. The van der Waals surface area contributed by atoms with Crippen LogP contribution in [0.15, 0.2) is 0 Å². The highest BCUT2D eigenvalue weighted by atomic mass is 16.3. The predicted molar refractivity (Wildman–Crippen MR) is 83.4 cm³/mol. The average Bonchev–Trinajstić information content (AvgIpc) is 2.39. The van der Waals surface area contributed by atoms with E-state index in [-0.39, 0.29) is 6.61 Å². The van der Waals surface area contributed by atoms with E-state index in [1.165, 1.54) is 38.5 Å². The molecular weight excluding hydrogens is 239 g/mol. The summed E-state index contributed by atoms with van der Waals surface area (Å²) in [6, 6.07) is 0. The fourth-order valence-electron chi connectivity index (χ4n) is 2.08. The van der Waals surface area contributed by atoms with Gasteiger partial charge in [0.15, 0.2) is 0 Å². The van der Waals surface area contributed by atoms with Crippen molar-refractivity contribution in [2.45, 2.75) is 52.3 Å². The second-order valence-corrected chi connectivity index (χ2v) is 5.45. The van der Waals surface area contributed by atoms with Crippen LogP contribution in [0.25, 0.3) is 0 Å². The molecule has 0 amide bonds. The lowest BCUT2D eigenvalue weighted by molar-refractivity contribution is 0.185. The molecule has 0 bridgehead atoms. The van der Waals surface area contributed by atoms with Crippen molar-refractivity contribution in [1.29, 1.82) is 0 Å². The maximum atomic E-state index is 9.42. The SMILES string of the molecule is CCCCCCCCN(CCO)CCN(C)B(C)O. The Morgan fingerprint density at radius 1 is 0.895 bits per heavy atom. The molecule has 5 heteroatoms. The molecule has 0 radical (unpaired) electrons. The first-order valence-electron chi connectivity index (χ1n) is 7.83. The van der Waals surface area contributed by atoms with Gasteiger partial charge in [-0.05, 0) is 26.8 Å². The Balaban J connectivity index is 3.67. The van der Waals surface area contributed by atoms with E-state index in [1.54, 1.807) is 6.82 Å². The molecule has 114 valence electrons. The molecule has 0 spiro atoms. The monoisotopic (exact) mass is 272 g/mol. The minimum atomic E-state index is -0.398. The van der Waals surface area contributed by atoms with Crippen LogP contribution in [0.1, 0.15) is 45.4 Å². The summed E-state index contributed by atoms with van der Waals surface area (Å²) >= 11 is 0. The van der Waals surface area contributed by atoms with Gasteiger partial charge in [-0.25, -0.2) is 0 Å². The van der Waals surface area contributed by atoms with Gasteiger partial charge in [0.25, 0.3) is 0 Å². The van der Waals surface area contributed by atoms with E-state index in [1.807, 2.05) is 11.9 Å². The van der Waals surface area contributed by atoms with Crippen LogP contribution in [-0.4, -0.2) is 66.7 Å². The van der Waals surface area contributed by atoms with Crippen LogP contribution in [-0.2, 0) is 0 Å². The number of hydrogen-bond donors (Lipinski definition) is 2. The molecule has 4 nitrogen and oxygen atoms in total. The molecular formula is C14H33BN2O2. The van der Waals surface area contributed by atoms with E-state index < -0.39 is 7.05 Å². The van der Waals surface area contributed by atoms with Crippen molar-refractivity contribution in [3.8, 4) is 0 Å². The van der Waals surface area contributed by atoms with Gasteiger partial charge in [-0.2, -0.15) is 0 Å². The van der Waals surface area contributed by atoms with Crippen molar-refractivity contribution in [3.05, 3.63) is 0 Å². The van der Waals surface area contributed by atoms with Crippen LogP contribution < -0.4 is 0 Å². The topological polar surface area (TPSA) is 46.9 Å². The van der Waals surface area contributed by atoms with Crippen molar-refractivity contribution in [2.24, 2.45) is 0 Å². The third-order valence-electron chi connectivity index (χ3n) is 3.65. The molecule has 0 fully saturated rings. The molecule has 0 saturated carbocycles. The molecule has 0 unspecified atom stereocenters. The van der Waals surface area contributed by atoms with Crippen molar-refractivity contribution in [1.82, 2.24) is 9.71 Å². The van der Waals surface area contributed by atoms with Gasteiger partial charge in [0.2, 0.25) is 0 Å². The third-order valence-corrected chi connectivity index (χ3v) is 3.65. The number of likely N-dealkylation sites (N-methyl/N-ethyl adjacent to an activating group) is 1. The zero-order valence-corrected chi connectivity index (χ0v) is 13.1. The zero-order valence-electron chi connectivity index (χ0n) is 13.1. The van der Waals surface area contributed by atoms with E-state index in [4.69, 9.17) is 5.11 Å². The van der Waals surface area contributed by atoms with Crippen LogP contribution in [0.2, 0.25) is 6.82 Å². The van der Waals surface area contributed by atoms with Crippen molar-refractivity contribution < 1.29 is 10.1 Å². The van der Waals surface area contributed by atoms with Gasteiger partial charge in [0.1, 0.15) is 0 Å². The van der Waals surface area contributed by atoms with Crippen molar-refractivity contribution in [3.63, 3.8) is 0 Å². The summed E-state index contributed by atoms with van der Waals surface area (Å²) in [5, 5.41) is 18.5. The number of nitrogens with zero attached hydrogens (tertiary/aromatic N) is 2. The average molecular weight is 272 g/mol. The number of aliphatic hydroxyl groups is 1. The van der Waals surface area contributed by atoms with E-state index in [9.17, 15) is 5.02 Å². The third kappa shape index (κ3) is 11.4. The Morgan fingerprint density at radius 3 is 2.11 bits per heavy atom. The largest absolute Gasteiger partial charge is 0.437 e. The lowest BCUT2D eigenvalue weighted by Gasteiger charge is -2.25. The first-order valence-corrected chi connectivity index (χ1v) is 7.83. The summed E-state index contributed by atoms with van der Waals surface area (Å²) in [6.07, 6.45) is 7.81. The number of aliphatic hydroxyl groups excluding tert-OH is 1. The Hall–Kier alpha value is -0.0951. The lowest BCUT2D eigenvalue weighted by Crippen LogP contribution is -2.41. The van der Waals surface area contributed by atoms with Crippen molar-refractivity contribution in [2.75, 3.05) is 39.8 Å². The Morgan fingerprint density at radius 2 is 1.53 bits per heavy atom. The van der Waals surface area contributed by atoms with Gasteiger partial charge in [0.05, 0.1) is 6.61 Å². The van der Waals surface area contributed by atoms with Crippen LogP contribution >= 0.6 is 0 Å². The van der Waals surface area contributed by atoms with Gasteiger partial charge in [0, 0.05) is 19.6 Å². The van der Waals surface area contributed by atoms with E-state index in [2.05, 4.69) is 11.8 Å². The summed E-state index contributed by atoms with van der Waals surface area (Å²) in [7, 11) is 1.53. The smallest absolute Gasteiger partial charge is 0.376 e. The fraction of sp³-hybridized carbons (Fsp3) is 1.00. The highest BCUT2D eigenvalue weighted by molar-refractivity contribution is 6.45. The molecule has 0 rings (SSSR count). The maximum Gasteiger partial charge on any atom is 0.376 e. The number of hydrogen-bond acceptors (Lipinski definition) is 4. The van der Waals surface area contributed by atoms with Gasteiger partial charge in [-0.3, -0.25) is 4.90 Å². The maximum absolute atomic E-state index is 9.42. The molecule has 0 aromatic heterocycles. The van der Waals surface area contributed by atoms with E-state index >= 15 is 0 Å². The molecule has 19 heavy (non-hydrogen) atoms. The summed E-state index contributed by atoms with van der Waals surface area (Å²) < 4.78 is 0. The van der Waals surface area contributed by atoms with Crippen LogP contribution in [0, 0.1) is 0 Å². The highest BCUT2D eigenvalue weighted by Crippen LogP contribution is 2.06.